The molecular formula is C13H15ClN4. The van der Waals surface area contributed by atoms with Crippen molar-refractivity contribution >= 4 is 17.3 Å². The Bertz CT molecular complexity index is 558. The predicted molar refractivity (Wildman–Crippen MR) is 72.5 cm³/mol. The van der Waals surface area contributed by atoms with Crippen molar-refractivity contribution in [3.05, 3.63) is 29.0 Å². The van der Waals surface area contributed by atoms with E-state index in [2.05, 4.69) is 15.2 Å². The molecule has 3 N–H and O–H groups in total. The minimum atomic E-state index is 0.520. The summed E-state index contributed by atoms with van der Waals surface area (Å²) in [5, 5.41) is 7.94. The van der Waals surface area contributed by atoms with Crippen molar-refractivity contribution in [2.75, 3.05) is 5.73 Å². The summed E-state index contributed by atoms with van der Waals surface area (Å²) >= 11 is 5.98. The number of aromatic nitrogens is 3. The molecule has 0 spiro atoms. The van der Waals surface area contributed by atoms with E-state index in [0.717, 1.165) is 11.4 Å². The Hall–Kier alpha value is -1.55. The molecule has 1 fully saturated rings. The molecule has 2 aromatic rings. The van der Waals surface area contributed by atoms with Gasteiger partial charge in [0.2, 0.25) is 0 Å². The molecule has 4 nitrogen and oxygen atoms in total. The van der Waals surface area contributed by atoms with E-state index in [9.17, 15) is 0 Å². The van der Waals surface area contributed by atoms with E-state index in [1.807, 2.05) is 0 Å². The maximum atomic E-state index is 5.98. The van der Waals surface area contributed by atoms with Gasteiger partial charge in [0.25, 0.3) is 0 Å². The van der Waals surface area contributed by atoms with E-state index < -0.39 is 0 Å². The quantitative estimate of drug-likeness (QED) is 0.816. The van der Waals surface area contributed by atoms with Crippen LogP contribution in [0.2, 0.25) is 5.02 Å². The second-order valence-corrected chi connectivity index (χ2v) is 5.19. The van der Waals surface area contributed by atoms with Crippen molar-refractivity contribution < 1.29 is 0 Å². The van der Waals surface area contributed by atoms with Crippen molar-refractivity contribution in [2.24, 2.45) is 0 Å². The monoisotopic (exact) mass is 262 g/mol. The molecule has 1 heterocycles. The maximum absolute atomic E-state index is 5.98. The molecule has 0 bridgehead atoms. The summed E-state index contributed by atoms with van der Waals surface area (Å²) in [7, 11) is 0. The Morgan fingerprint density at radius 1 is 1.28 bits per heavy atom. The summed E-state index contributed by atoms with van der Waals surface area (Å²) in [6.45, 7) is 0. The van der Waals surface area contributed by atoms with Gasteiger partial charge in [0, 0.05) is 22.2 Å². The Labute approximate surface area is 111 Å². The number of benzene rings is 1. The van der Waals surface area contributed by atoms with Gasteiger partial charge in [0.1, 0.15) is 5.82 Å². The summed E-state index contributed by atoms with van der Waals surface area (Å²) < 4.78 is 0. The number of nitrogen functional groups attached to an aromatic ring is 1. The molecule has 1 aromatic carbocycles. The van der Waals surface area contributed by atoms with Crippen molar-refractivity contribution in [3.8, 4) is 11.4 Å². The lowest BCUT2D eigenvalue weighted by Gasteiger charge is -2.03. The van der Waals surface area contributed by atoms with Crippen LogP contribution in [0.1, 0.15) is 37.4 Å². The first-order valence-electron chi connectivity index (χ1n) is 6.22. The third kappa shape index (κ3) is 2.08. The van der Waals surface area contributed by atoms with Crippen LogP contribution in [0.5, 0.6) is 0 Å². The predicted octanol–water partition coefficient (Wildman–Crippen LogP) is 3.36. The highest BCUT2D eigenvalue weighted by Crippen LogP contribution is 2.33. The number of H-pyrrole nitrogens is 1. The molecule has 5 heteroatoms. The SMILES string of the molecule is Nc1ccc(Cl)cc1-c1n[nH]c(C2CCCC2)n1. The van der Waals surface area contributed by atoms with Crippen LogP contribution in [0.25, 0.3) is 11.4 Å². The van der Waals surface area contributed by atoms with E-state index in [1.54, 1.807) is 18.2 Å². The van der Waals surface area contributed by atoms with Crippen LogP contribution < -0.4 is 5.73 Å². The lowest BCUT2D eigenvalue weighted by Crippen LogP contribution is -1.95. The molecule has 0 unspecified atom stereocenters. The number of hydrogen-bond acceptors (Lipinski definition) is 3. The number of hydrogen-bond donors (Lipinski definition) is 2. The molecule has 18 heavy (non-hydrogen) atoms. The van der Waals surface area contributed by atoms with Crippen molar-refractivity contribution in [3.63, 3.8) is 0 Å². The Balaban J connectivity index is 1.94. The summed E-state index contributed by atoms with van der Waals surface area (Å²) in [4.78, 5) is 4.56. The van der Waals surface area contributed by atoms with E-state index in [4.69, 9.17) is 17.3 Å². The van der Waals surface area contributed by atoms with Crippen LogP contribution >= 0.6 is 11.6 Å². The van der Waals surface area contributed by atoms with Gasteiger partial charge in [0.05, 0.1) is 0 Å². The second kappa shape index (κ2) is 4.61. The van der Waals surface area contributed by atoms with Crippen LogP contribution in [0.4, 0.5) is 5.69 Å². The lowest BCUT2D eigenvalue weighted by atomic mass is 10.1. The highest BCUT2D eigenvalue weighted by atomic mass is 35.5. The smallest absolute Gasteiger partial charge is 0.183 e. The van der Waals surface area contributed by atoms with E-state index >= 15 is 0 Å². The average molecular weight is 263 g/mol. The molecule has 0 saturated heterocycles. The van der Waals surface area contributed by atoms with Crippen molar-refractivity contribution in [2.45, 2.75) is 31.6 Å². The molecule has 1 aliphatic carbocycles. The largest absolute Gasteiger partial charge is 0.398 e. The number of rotatable bonds is 2. The van der Waals surface area contributed by atoms with Crippen molar-refractivity contribution in [1.29, 1.82) is 0 Å². The lowest BCUT2D eigenvalue weighted by molar-refractivity contribution is 0.672. The fraction of sp³-hybridized carbons (Fsp3) is 0.385. The van der Waals surface area contributed by atoms with Gasteiger partial charge in [-0.2, -0.15) is 5.10 Å². The van der Waals surface area contributed by atoms with E-state index in [0.29, 0.717) is 22.5 Å². The first kappa shape index (κ1) is 11.5. The van der Waals surface area contributed by atoms with E-state index in [-0.39, 0.29) is 0 Å². The first-order chi connectivity index (χ1) is 8.74. The van der Waals surface area contributed by atoms with Crippen LogP contribution in [0, 0.1) is 0 Å². The third-order valence-corrected chi connectivity index (χ3v) is 3.74. The molecule has 0 aliphatic heterocycles. The Morgan fingerprint density at radius 3 is 2.83 bits per heavy atom. The van der Waals surface area contributed by atoms with Gasteiger partial charge in [-0.05, 0) is 31.0 Å². The normalized spacial score (nSPS) is 16.3. The van der Waals surface area contributed by atoms with Crippen LogP contribution in [-0.4, -0.2) is 15.2 Å². The standard InChI is InChI=1S/C13H15ClN4/c14-9-5-6-11(15)10(7-9)13-16-12(17-18-13)8-3-1-2-4-8/h5-8H,1-4,15H2,(H,16,17,18). The van der Waals surface area contributed by atoms with Gasteiger partial charge in [-0.1, -0.05) is 24.4 Å². The molecule has 3 rings (SSSR count). The second-order valence-electron chi connectivity index (χ2n) is 4.76. The number of nitrogens with two attached hydrogens (primary N) is 1. The zero-order valence-corrected chi connectivity index (χ0v) is 10.7. The molecule has 0 radical (unpaired) electrons. The molecule has 0 amide bonds. The molecule has 1 saturated carbocycles. The maximum Gasteiger partial charge on any atom is 0.183 e. The minimum Gasteiger partial charge on any atom is -0.398 e. The third-order valence-electron chi connectivity index (χ3n) is 3.50. The zero-order valence-electron chi connectivity index (χ0n) is 9.99. The van der Waals surface area contributed by atoms with Crippen LogP contribution in [-0.2, 0) is 0 Å². The van der Waals surface area contributed by atoms with Crippen LogP contribution in [0.15, 0.2) is 18.2 Å². The van der Waals surface area contributed by atoms with Gasteiger partial charge in [-0.3, -0.25) is 5.10 Å². The first-order valence-corrected chi connectivity index (χ1v) is 6.59. The fourth-order valence-electron chi connectivity index (χ4n) is 2.50. The molecular weight excluding hydrogens is 248 g/mol. The number of halogens is 1. The Morgan fingerprint density at radius 2 is 2.06 bits per heavy atom. The zero-order chi connectivity index (χ0) is 12.5. The molecule has 94 valence electrons. The topological polar surface area (TPSA) is 67.6 Å². The van der Waals surface area contributed by atoms with Crippen molar-refractivity contribution in [1.82, 2.24) is 15.2 Å². The number of nitrogens with zero attached hydrogens (tertiary/aromatic N) is 2. The molecule has 1 aliphatic rings. The van der Waals surface area contributed by atoms with Gasteiger partial charge < -0.3 is 5.73 Å². The summed E-state index contributed by atoms with van der Waals surface area (Å²) in [6.07, 6.45) is 4.94. The molecule has 1 aromatic heterocycles. The van der Waals surface area contributed by atoms with Gasteiger partial charge in [-0.15, -0.1) is 0 Å². The number of nitrogens with one attached hydrogen (secondary N) is 1. The van der Waals surface area contributed by atoms with Gasteiger partial charge in [0.15, 0.2) is 5.82 Å². The Kier molecular flexibility index (Phi) is 2.96. The summed E-state index contributed by atoms with van der Waals surface area (Å²) in [6, 6.07) is 5.35. The highest BCUT2D eigenvalue weighted by molar-refractivity contribution is 6.31. The van der Waals surface area contributed by atoms with Gasteiger partial charge in [-0.25, -0.2) is 4.98 Å². The van der Waals surface area contributed by atoms with E-state index in [1.165, 1.54) is 25.7 Å². The average Bonchev–Trinajstić information content (AvgIpc) is 3.00. The fourth-order valence-corrected chi connectivity index (χ4v) is 2.67. The number of anilines is 1. The summed E-state index contributed by atoms with van der Waals surface area (Å²) in [5.41, 5.74) is 7.38. The minimum absolute atomic E-state index is 0.520. The highest BCUT2D eigenvalue weighted by Gasteiger charge is 2.21. The number of aromatic amines is 1. The van der Waals surface area contributed by atoms with Gasteiger partial charge >= 0.3 is 0 Å². The summed E-state index contributed by atoms with van der Waals surface area (Å²) in [5.74, 6) is 2.13. The van der Waals surface area contributed by atoms with Crippen LogP contribution in [0.3, 0.4) is 0 Å². The molecule has 0 atom stereocenters.